The summed E-state index contributed by atoms with van der Waals surface area (Å²) in [5, 5.41) is 3.53. The predicted octanol–water partition coefficient (Wildman–Crippen LogP) is 2.60. The first-order valence-corrected chi connectivity index (χ1v) is 5.76. The van der Waals surface area contributed by atoms with Crippen LogP contribution in [0.2, 0.25) is 0 Å². The lowest BCUT2D eigenvalue weighted by molar-refractivity contribution is 0.638. The van der Waals surface area contributed by atoms with E-state index in [1.165, 1.54) is 29.7 Å². The van der Waals surface area contributed by atoms with Gasteiger partial charge in [0, 0.05) is 17.8 Å². The average Bonchev–Trinajstić information content (AvgIpc) is 2.59. The molecule has 1 saturated carbocycles. The molecule has 1 aliphatic carbocycles. The van der Waals surface area contributed by atoms with Crippen LogP contribution < -0.4 is 11.1 Å². The molecular weight excluding hydrogens is 184 g/mol. The van der Waals surface area contributed by atoms with Gasteiger partial charge in [0.1, 0.15) is 0 Å². The van der Waals surface area contributed by atoms with E-state index in [4.69, 9.17) is 5.73 Å². The van der Waals surface area contributed by atoms with E-state index >= 15 is 0 Å². The second-order valence-corrected chi connectivity index (χ2v) is 4.64. The van der Waals surface area contributed by atoms with Crippen molar-refractivity contribution < 1.29 is 0 Å². The maximum atomic E-state index is 6.03. The predicted molar refractivity (Wildman–Crippen MR) is 65.2 cm³/mol. The Bertz CT molecular complexity index is 346. The first-order valence-electron chi connectivity index (χ1n) is 5.76. The summed E-state index contributed by atoms with van der Waals surface area (Å²) in [4.78, 5) is 0. The Balaban J connectivity index is 2.07. The van der Waals surface area contributed by atoms with E-state index < -0.39 is 0 Å². The lowest BCUT2D eigenvalue weighted by Crippen LogP contribution is -2.35. The van der Waals surface area contributed by atoms with Crippen molar-refractivity contribution in [1.82, 2.24) is 0 Å². The van der Waals surface area contributed by atoms with E-state index in [0.717, 1.165) is 6.42 Å². The maximum absolute atomic E-state index is 6.03. The summed E-state index contributed by atoms with van der Waals surface area (Å²) in [7, 11) is 0. The minimum Gasteiger partial charge on any atom is -0.381 e. The number of hydrogen-bond donors (Lipinski definition) is 2. The van der Waals surface area contributed by atoms with Gasteiger partial charge in [0.2, 0.25) is 0 Å². The van der Waals surface area contributed by atoms with Crippen LogP contribution in [0, 0.1) is 13.8 Å². The van der Waals surface area contributed by atoms with Gasteiger partial charge in [-0.05, 0) is 56.4 Å². The quantitative estimate of drug-likeness (QED) is 0.777. The molecule has 15 heavy (non-hydrogen) atoms. The van der Waals surface area contributed by atoms with Crippen LogP contribution in [0.3, 0.4) is 0 Å². The van der Waals surface area contributed by atoms with Crippen molar-refractivity contribution >= 4 is 5.69 Å². The molecule has 2 heteroatoms. The van der Waals surface area contributed by atoms with Gasteiger partial charge in [0.15, 0.2) is 0 Å². The molecule has 2 unspecified atom stereocenters. The molecule has 0 amide bonds. The fourth-order valence-corrected chi connectivity index (χ4v) is 2.21. The Morgan fingerprint density at radius 3 is 2.60 bits per heavy atom. The van der Waals surface area contributed by atoms with Gasteiger partial charge in [0.25, 0.3) is 0 Å². The van der Waals surface area contributed by atoms with Gasteiger partial charge in [-0.25, -0.2) is 0 Å². The van der Waals surface area contributed by atoms with Crippen LogP contribution >= 0.6 is 0 Å². The van der Waals surface area contributed by atoms with E-state index in [1.807, 2.05) is 0 Å². The van der Waals surface area contributed by atoms with Gasteiger partial charge >= 0.3 is 0 Å². The van der Waals surface area contributed by atoms with E-state index in [9.17, 15) is 0 Å². The standard InChI is InChI=1S/C13H20N2/c1-9-6-7-11(8-10(9)2)15-13-5-3-4-12(13)14/h6-8,12-13,15H,3-5,14H2,1-2H3. The Morgan fingerprint density at radius 2 is 2.00 bits per heavy atom. The lowest BCUT2D eigenvalue weighted by Gasteiger charge is -2.19. The van der Waals surface area contributed by atoms with Crippen molar-refractivity contribution in [3.05, 3.63) is 29.3 Å². The van der Waals surface area contributed by atoms with Crippen LogP contribution in [0.15, 0.2) is 18.2 Å². The minimum atomic E-state index is 0.326. The molecule has 0 aromatic heterocycles. The maximum Gasteiger partial charge on any atom is 0.0412 e. The molecule has 2 nitrogen and oxygen atoms in total. The van der Waals surface area contributed by atoms with Crippen LogP contribution in [0.25, 0.3) is 0 Å². The van der Waals surface area contributed by atoms with E-state index in [0.29, 0.717) is 12.1 Å². The highest BCUT2D eigenvalue weighted by atomic mass is 15.0. The number of aryl methyl sites for hydroxylation is 2. The second-order valence-electron chi connectivity index (χ2n) is 4.64. The van der Waals surface area contributed by atoms with Gasteiger partial charge in [-0.1, -0.05) is 6.07 Å². The smallest absolute Gasteiger partial charge is 0.0412 e. The SMILES string of the molecule is Cc1ccc(NC2CCCC2N)cc1C. The molecule has 1 aliphatic rings. The van der Waals surface area contributed by atoms with Gasteiger partial charge in [-0.15, -0.1) is 0 Å². The monoisotopic (exact) mass is 204 g/mol. The number of rotatable bonds is 2. The first-order chi connectivity index (χ1) is 7.16. The zero-order chi connectivity index (χ0) is 10.8. The van der Waals surface area contributed by atoms with Crippen molar-refractivity contribution in [2.45, 2.75) is 45.2 Å². The van der Waals surface area contributed by atoms with Gasteiger partial charge in [-0.2, -0.15) is 0 Å². The van der Waals surface area contributed by atoms with Gasteiger partial charge in [0.05, 0.1) is 0 Å². The summed E-state index contributed by atoms with van der Waals surface area (Å²) in [6.07, 6.45) is 3.61. The molecular formula is C13H20N2. The van der Waals surface area contributed by atoms with Crippen molar-refractivity contribution in [1.29, 1.82) is 0 Å². The molecule has 0 bridgehead atoms. The fraction of sp³-hybridized carbons (Fsp3) is 0.538. The molecule has 0 aliphatic heterocycles. The number of nitrogens with one attached hydrogen (secondary N) is 1. The van der Waals surface area contributed by atoms with Crippen LogP contribution in [-0.4, -0.2) is 12.1 Å². The van der Waals surface area contributed by atoms with Crippen molar-refractivity contribution in [2.75, 3.05) is 5.32 Å². The van der Waals surface area contributed by atoms with Crippen LogP contribution in [-0.2, 0) is 0 Å². The first kappa shape index (κ1) is 10.5. The molecule has 1 fully saturated rings. The van der Waals surface area contributed by atoms with E-state index in [2.05, 4.69) is 37.4 Å². The Morgan fingerprint density at radius 1 is 1.20 bits per heavy atom. The molecule has 1 aromatic carbocycles. The second kappa shape index (κ2) is 4.23. The fourth-order valence-electron chi connectivity index (χ4n) is 2.21. The summed E-state index contributed by atoms with van der Waals surface area (Å²) in [5.41, 5.74) is 9.92. The molecule has 0 spiro atoms. The van der Waals surface area contributed by atoms with Crippen LogP contribution in [0.4, 0.5) is 5.69 Å². The summed E-state index contributed by atoms with van der Waals surface area (Å²) >= 11 is 0. The summed E-state index contributed by atoms with van der Waals surface area (Å²) in [6.45, 7) is 4.29. The minimum absolute atomic E-state index is 0.326. The highest BCUT2D eigenvalue weighted by Gasteiger charge is 2.23. The average molecular weight is 204 g/mol. The Kier molecular flexibility index (Phi) is 2.96. The molecule has 2 rings (SSSR count). The number of hydrogen-bond acceptors (Lipinski definition) is 2. The Labute approximate surface area is 91.9 Å². The van der Waals surface area contributed by atoms with Crippen LogP contribution in [0.5, 0.6) is 0 Å². The van der Waals surface area contributed by atoms with Crippen molar-refractivity contribution in [3.8, 4) is 0 Å². The zero-order valence-electron chi connectivity index (χ0n) is 9.59. The number of anilines is 1. The third-order valence-corrected chi connectivity index (χ3v) is 3.43. The highest BCUT2D eigenvalue weighted by Crippen LogP contribution is 2.22. The van der Waals surface area contributed by atoms with Crippen molar-refractivity contribution in [2.24, 2.45) is 5.73 Å². The summed E-state index contributed by atoms with van der Waals surface area (Å²) in [5.74, 6) is 0. The number of nitrogens with two attached hydrogens (primary N) is 1. The van der Waals surface area contributed by atoms with Crippen molar-refractivity contribution in [3.63, 3.8) is 0 Å². The molecule has 3 N–H and O–H groups in total. The molecule has 1 aromatic rings. The summed E-state index contributed by atoms with van der Waals surface area (Å²) < 4.78 is 0. The molecule has 0 saturated heterocycles. The van der Waals surface area contributed by atoms with Crippen LogP contribution in [0.1, 0.15) is 30.4 Å². The zero-order valence-corrected chi connectivity index (χ0v) is 9.59. The largest absolute Gasteiger partial charge is 0.381 e. The molecule has 2 atom stereocenters. The third-order valence-electron chi connectivity index (χ3n) is 3.43. The number of benzene rings is 1. The third kappa shape index (κ3) is 2.32. The molecule has 82 valence electrons. The topological polar surface area (TPSA) is 38.0 Å². The lowest BCUT2D eigenvalue weighted by atomic mass is 10.1. The van der Waals surface area contributed by atoms with E-state index in [1.54, 1.807) is 0 Å². The van der Waals surface area contributed by atoms with Gasteiger partial charge in [-0.3, -0.25) is 0 Å². The highest BCUT2D eigenvalue weighted by molar-refractivity contribution is 5.49. The Hall–Kier alpha value is -1.02. The molecule has 0 radical (unpaired) electrons. The summed E-state index contributed by atoms with van der Waals surface area (Å²) in [6, 6.07) is 7.31. The molecule has 0 heterocycles. The van der Waals surface area contributed by atoms with E-state index in [-0.39, 0.29) is 0 Å². The normalized spacial score (nSPS) is 25.5. The van der Waals surface area contributed by atoms with Gasteiger partial charge < -0.3 is 11.1 Å².